The molecule has 0 aromatic heterocycles. The van der Waals surface area contributed by atoms with Crippen molar-refractivity contribution in [2.75, 3.05) is 13.1 Å². The molecule has 1 unspecified atom stereocenters. The van der Waals surface area contributed by atoms with E-state index < -0.39 is 38.6 Å². The number of aldehydes is 1. The number of hydrogen-bond acceptors (Lipinski definition) is 7. The van der Waals surface area contributed by atoms with Crippen LogP contribution in [0.5, 0.6) is 0 Å². The Morgan fingerprint density at radius 1 is 0.978 bits per heavy atom. The SMILES string of the molecule is CC(C)C[C@@H](C=O)NC(=O)[C@H](CCCN/C(N)=N\[N+](=O)[O-])NC(=O)C(CCCCCCCCNS(=O)(=O)C(F)(F)F)C1CCCC1. The molecule has 1 saturated carbocycles. The van der Waals surface area contributed by atoms with Gasteiger partial charge in [0.2, 0.25) is 11.8 Å². The molecule has 0 aliphatic heterocycles. The summed E-state index contributed by atoms with van der Waals surface area (Å²) in [5.41, 5.74) is 0.120. The van der Waals surface area contributed by atoms with Crippen LogP contribution in [0.2, 0.25) is 0 Å². The Morgan fingerprint density at radius 3 is 2.15 bits per heavy atom. The Hall–Kier alpha value is -3.02. The minimum absolute atomic E-state index is 0.144. The molecule has 1 aliphatic carbocycles. The maximum Gasteiger partial charge on any atom is 0.511 e. The van der Waals surface area contributed by atoms with Gasteiger partial charge in [-0.3, -0.25) is 9.59 Å². The Kier molecular flexibility index (Phi) is 18.7. The average Bonchev–Trinajstić information content (AvgIpc) is 3.48. The second kappa shape index (κ2) is 21.0. The first-order valence-corrected chi connectivity index (χ1v) is 17.4. The predicted molar refractivity (Wildman–Crippen MR) is 166 cm³/mol. The van der Waals surface area contributed by atoms with Crippen molar-refractivity contribution in [3.05, 3.63) is 10.1 Å². The Morgan fingerprint density at radius 2 is 1.59 bits per heavy atom. The van der Waals surface area contributed by atoms with E-state index in [-0.39, 0.29) is 55.6 Å². The standard InChI is InChI=1S/C28H50F3N7O7S/c1-20(2)18-22(19-39)35-26(41)24(15-11-16-33-27(32)37-38(42)43)36-25(40)23(21-12-8-9-13-21)14-7-5-3-4-6-10-17-34-46(44,45)28(29,30)31/h19-24,34H,3-18H2,1-2H3,(H,35,41)(H,36,40)(H3,32,33,37)/t22-,23?,24-/m0/s1. The highest BCUT2D eigenvalue weighted by atomic mass is 32.2. The molecule has 0 heterocycles. The van der Waals surface area contributed by atoms with Crippen LogP contribution in [0.4, 0.5) is 13.2 Å². The zero-order chi connectivity index (χ0) is 34.8. The Bertz CT molecular complexity index is 1100. The number of hydrazone groups is 1. The van der Waals surface area contributed by atoms with Crippen molar-refractivity contribution < 1.29 is 41.0 Å². The molecule has 1 aliphatic rings. The summed E-state index contributed by atoms with van der Waals surface area (Å²) in [5.74, 6) is -1.16. The molecule has 2 amide bonds. The van der Waals surface area contributed by atoms with Crippen LogP contribution in [0.15, 0.2) is 5.10 Å². The fourth-order valence-corrected chi connectivity index (χ4v) is 6.14. The quantitative estimate of drug-likeness (QED) is 0.0266. The van der Waals surface area contributed by atoms with E-state index in [0.717, 1.165) is 44.9 Å². The summed E-state index contributed by atoms with van der Waals surface area (Å²) >= 11 is 0. The Balaban J connectivity index is 2.73. The molecule has 46 heavy (non-hydrogen) atoms. The van der Waals surface area contributed by atoms with Gasteiger partial charge in [0.1, 0.15) is 17.4 Å². The minimum Gasteiger partial charge on any atom is -0.365 e. The average molecular weight is 686 g/mol. The van der Waals surface area contributed by atoms with Gasteiger partial charge in [-0.05, 0) is 56.8 Å². The summed E-state index contributed by atoms with van der Waals surface area (Å²) in [6.45, 7) is 3.70. The maximum absolute atomic E-state index is 13.6. The molecule has 0 bridgehead atoms. The van der Waals surface area contributed by atoms with E-state index in [1.807, 2.05) is 13.8 Å². The number of rotatable bonds is 23. The first-order chi connectivity index (χ1) is 21.6. The number of sulfonamides is 1. The van der Waals surface area contributed by atoms with Gasteiger partial charge in [-0.2, -0.15) is 13.2 Å². The number of nitrogens with one attached hydrogen (secondary N) is 4. The first-order valence-electron chi connectivity index (χ1n) is 15.9. The van der Waals surface area contributed by atoms with E-state index in [2.05, 4.69) is 21.1 Å². The number of amides is 2. The van der Waals surface area contributed by atoms with Crippen molar-refractivity contribution in [3.8, 4) is 0 Å². The topological polar surface area (TPSA) is 215 Å². The molecule has 266 valence electrons. The maximum atomic E-state index is 13.6. The van der Waals surface area contributed by atoms with Gasteiger partial charge in [0.05, 0.1) is 6.04 Å². The Labute approximate surface area is 268 Å². The van der Waals surface area contributed by atoms with E-state index in [4.69, 9.17) is 5.73 Å². The van der Waals surface area contributed by atoms with Crippen LogP contribution in [-0.4, -0.2) is 68.2 Å². The lowest BCUT2D eigenvalue weighted by Gasteiger charge is -2.27. The number of nitrogens with zero attached hydrogens (tertiary/aromatic N) is 2. The van der Waals surface area contributed by atoms with Crippen molar-refractivity contribution in [2.45, 2.75) is 121 Å². The molecule has 1 rings (SSSR count). The summed E-state index contributed by atoms with van der Waals surface area (Å²) in [6.07, 6.45) is 9.79. The van der Waals surface area contributed by atoms with Gasteiger partial charge >= 0.3 is 15.5 Å². The minimum atomic E-state index is -5.33. The number of carbonyl (C=O) groups excluding carboxylic acids is 3. The van der Waals surface area contributed by atoms with Gasteiger partial charge in [-0.15, -0.1) is 0 Å². The number of nitrogens with two attached hydrogens (primary N) is 1. The van der Waals surface area contributed by atoms with E-state index >= 15 is 0 Å². The van der Waals surface area contributed by atoms with Crippen LogP contribution in [0, 0.1) is 27.9 Å². The third kappa shape index (κ3) is 16.5. The monoisotopic (exact) mass is 685 g/mol. The van der Waals surface area contributed by atoms with Gasteiger partial charge in [-0.25, -0.2) is 23.3 Å². The van der Waals surface area contributed by atoms with Crippen LogP contribution in [-0.2, 0) is 24.4 Å². The van der Waals surface area contributed by atoms with E-state index in [1.165, 1.54) is 0 Å². The molecule has 0 radical (unpaired) electrons. The van der Waals surface area contributed by atoms with E-state index in [0.29, 0.717) is 38.4 Å². The van der Waals surface area contributed by atoms with E-state index in [9.17, 15) is 46.1 Å². The second-order valence-electron chi connectivity index (χ2n) is 12.1. The van der Waals surface area contributed by atoms with Crippen molar-refractivity contribution in [1.82, 2.24) is 20.7 Å². The lowest BCUT2D eigenvalue weighted by Crippen LogP contribution is -2.52. The fourth-order valence-electron chi connectivity index (χ4n) is 5.56. The van der Waals surface area contributed by atoms with Crippen molar-refractivity contribution in [1.29, 1.82) is 0 Å². The zero-order valence-corrected chi connectivity index (χ0v) is 27.5. The number of nitro groups is 1. The van der Waals surface area contributed by atoms with Gasteiger partial charge in [0.25, 0.3) is 5.96 Å². The smallest absolute Gasteiger partial charge is 0.365 e. The predicted octanol–water partition coefficient (Wildman–Crippen LogP) is 3.05. The highest BCUT2D eigenvalue weighted by Gasteiger charge is 2.45. The summed E-state index contributed by atoms with van der Waals surface area (Å²) in [6, 6.07) is -1.67. The molecular formula is C28H50F3N7O7S. The molecule has 0 saturated heterocycles. The van der Waals surface area contributed by atoms with Crippen LogP contribution >= 0.6 is 0 Å². The molecular weight excluding hydrogens is 635 g/mol. The summed E-state index contributed by atoms with van der Waals surface area (Å²) in [5, 5.41) is 20.7. The lowest BCUT2D eigenvalue weighted by atomic mass is 9.85. The fraction of sp³-hybridized carbons (Fsp3) is 0.857. The number of unbranched alkanes of at least 4 members (excludes halogenated alkanes) is 5. The molecule has 1 fully saturated rings. The first kappa shape index (κ1) is 41.0. The number of guanidine groups is 1. The third-order valence-electron chi connectivity index (χ3n) is 7.86. The van der Waals surface area contributed by atoms with Gasteiger partial charge in [0, 0.05) is 19.0 Å². The van der Waals surface area contributed by atoms with Crippen molar-refractivity contribution in [3.63, 3.8) is 0 Å². The second-order valence-corrected chi connectivity index (χ2v) is 13.9. The number of alkyl halides is 3. The lowest BCUT2D eigenvalue weighted by molar-refractivity contribution is -0.485. The third-order valence-corrected chi connectivity index (χ3v) is 9.05. The molecule has 0 aromatic rings. The van der Waals surface area contributed by atoms with Gasteiger partial charge in [-0.1, -0.05) is 58.8 Å². The highest BCUT2D eigenvalue weighted by molar-refractivity contribution is 7.90. The molecule has 14 nitrogen and oxygen atoms in total. The number of hydrogen-bond donors (Lipinski definition) is 5. The zero-order valence-electron chi connectivity index (χ0n) is 26.6. The highest BCUT2D eigenvalue weighted by Crippen LogP contribution is 2.34. The van der Waals surface area contributed by atoms with E-state index in [1.54, 1.807) is 4.72 Å². The molecule has 18 heteroatoms. The van der Waals surface area contributed by atoms with Gasteiger partial charge < -0.3 is 26.5 Å². The summed E-state index contributed by atoms with van der Waals surface area (Å²) in [7, 11) is -5.33. The molecule has 0 spiro atoms. The molecule has 0 aromatic carbocycles. The number of halogens is 3. The molecule has 6 N–H and O–H groups in total. The largest absolute Gasteiger partial charge is 0.511 e. The van der Waals surface area contributed by atoms with Crippen molar-refractivity contribution in [2.24, 2.45) is 28.6 Å². The van der Waals surface area contributed by atoms with Gasteiger partial charge in [0.15, 0.2) is 5.03 Å². The van der Waals surface area contributed by atoms with Crippen LogP contribution in [0.3, 0.4) is 0 Å². The summed E-state index contributed by atoms with van der Waals surface area (Å²) in [4.78, 5) is 48.9. The van der Waals surface area contributed by atoms with Crippen LogP contribution in [0.1, 0.15) is 104 Å². The molecule has 3 atom stereocenters. The van der Waals surface area contributed by atoms with Crippen LogP contribution in [0.25, 0.3) is 0 Å². The van der Waals surface area contributed by atoms with Crippen molar-refractivity contribution >= 4 is 34.1 Å². The number of carbonyl (C=O) groups is 3. The normalized spacial score (nSPS) is 16.5. The summed E-state index contributed by atoms with van der Waals surface area (Å²) < 4.78 is 60.8. The van der Waals surface area contributed by atoms with Crippen LogP contribution < -0.4 is 26.4 Å².